The number of rotatable bonds is 6. The van der Waals surface area contributed by atoms with E-state index in [4.69, 9.17) is 0 Å². The van der Waals surface area contributed by atoms with E-state index in [1.54, 1.807) is 17.5 Å². The molecule has 3 aromatic heterocycles. The molecule has 3 heterocycles. The lowest BCUT2D eigenvalue weighted by Gasteiger charge is -2.10. The molecule has 5 nitrogen and oxygen atoms in total. The SMILES string of the molecule is CCc1c(C(=O)Nc2nc3ccccc3n2CCc2ccccn2)csc1C. The summed E-state index contributed by atoms with van der Waals surface area (Å²) in [5, 5.41) is 4.97. The van der Waals surface area contributed by atoms with Crippen LogP contribution in [-0.4, -0.2) is 20.4 Å². The number of hydrogen-bond donors (Lipinski definition) is 1. The topological polar surface area (TPSA) is 59.8 Å². The third-order valence-electron chi connectivity index (χ3n) is 4.90. The van der Waals surface area contributed by atoms with Gasteiger partial charge in [0, 0.05) is 35.1 Å². The second-order valence-electron chi connectivity index (χ2n) is 6.64. The highest BCUT2D eigenvalue weighted by atomic mass is 32.1. The average Bonchev–Trinajstić information content (AvgIpc) is 3.26. The molecule has 0 aliphatic rings. The van der Waals surface area contributed by atoms with Gasteiger partial charge in [-0.3, -0.25) is 15.1 Å². The van der Waals surface area contributed by atoms with Crippen molar-refractivity contribution in [3.05, 3.63) is 75.7 Å². The van der Waals surface area contributed by atoms with Crippen LogP contribution in [0.4, 0.5) is 5.95 Å². The van der Waals surface area contributed by atoms with Crippen molar-refractivity contribution in [2.24, 2.45) is 0 Å². The average molecular weight is 391 g/mol. The van der Waals surface area contributed by atoms with Crippen molar-refractivity contribution in [3.8, 4) is 0 Å². The lowest BCUT2D eigenvalue weighted by Crippen LogP contribution is -2.17. The number of aromatic nitrogens is 3. The molecule has 1 amide bonds. The minimum absolute atomic E-state index is 0.101. The summed E-state index contributed by atoms with van der Waals surface area (Å²) in [5.74, 6) is 0.476. The lowest BCUT2D eigenvalue weighted by atomic mass is 10.1. The first-order valence-electron chi connectivity index (χ1n) is 9.41. The van der Waals surface area contributed by atoms with Gasteiger partial charge in [0.05, 0.1) is 16.6 Å². The molecule has 1 N–H and O–H groups in total. The Morgan fingerprint density at radius 3 is 2.79 bits per heavy atom. The number of nitrogens with one attached hydrogen (secondary N) is 1. The van der Waals surface area contributed by atoms with Gasteiger partial charge in [0.15, 0.2) is 0 Å². The summed E-state index contributed by atoms with van der Waals surface area (Å²) in [6, 6.07) is 13.9. The highest BCUT2D eigenvalue weighted by Crippen LogP contribution is 2.25. The zero-order valence-electron chi connectivity index (χ0n) is 16.0. The number of carbonyl (C=O) groups is 1. The summed E-state index contributed by atoms with van der Waals surface area (Å²) >= 11 is 1.61. The van der Waals surface area contributed by atoms with Gasteiger partial charge < -0.3 is 4.57 Å². The summed E-state index contributed by atoms with van der Waals surface area (Å²) in [4.78, 5) is 23.2. The largest absolute Gasteiger partial charge is 0.310 e. The van der Waals surface area contributed by atoms with E-state index in [0.717, 1.165) is 40.7 Å². The van der Waals surface area contributed by atoms with Crippen molar-refractivity contribution in [2.45, 2.75) is 33.2 Å². The molecular weight excluding hydrogens is 368 g/mol. The van der Waals surface area contributed by atoms with Crippen LogP contribution in [0.3, 0.4) is 0 Å². The number of para-hydroxylation sites is 2. The van der Waals surface area contributed by atoms with E-state index >= 15 is 0 Å². The number of nitrogens with zero attached hydrogens (tertiary/aromatic N) is 3. The van der Waals surface area contributed by atoms with E-state index in [9.17, 15) is 4.79 Å². The molecule has 4 rings (SSSR count). The fourth-order valence-electron chi connectivity index (χ4n) is 3.45. The van der Waals surface area contributed by atoms with E-state index in [2.05, 4.69) is 33.7 Å². The minimum Gasteiger partial charge on any atom is -0.310 e. The van der Waals surface area contributed by atoms with Gasteiger partial charge in [0.25, 0.3) is 5.91 Å². The molecule has 0 saturated heterocycles. The highest BCUT2D eigenvalue weighted by Gasteiger charge is 2.18. The van der Waals surface area contributed by atoms with Crippen LogP contribution in [0, 0.1) is 6.92 Å². The molecule has 0 aliphatic heterocycles. The van der Waals surface area contributed by atoms with E-state index in [1.165, 1.54) is 4.88 Å². The van der Waals surface area contributed by atoms with Crippen molar-refractivity contribution in [1.29, 1.82) is 0 Å². The maximum atomic E-state index is 12.9. The standard InChI is InChI=1S/C22H22N4OS/c1-3-17-15(2)28-14-18(17)21(27)25-22-24-19-9-4-5-10-20(19)26(22)13-11-16-8-6-7-12-23-16/h4-10,12,14H,3,11,13H2,1-2H3,(H,24,25,27). The summed E-state index contributed by atoms with van der Waals surface area (Å²) < 4.78 is 2.06. The third kappa shape index (κ3) is 3.55. The predicted molar refractivity (Wildman–Crippen MR) is 114 cm³/mol. The Bertz CT molecular complexity index is 1110. The molecule has 0 bridgehead atoms. The third-order valence-corrected chi connectivity index (χ3v) is 5.85. The molecule has 4 aromatic rings. The Morgan fingerprint density at radius 2 is 2.00 bits per heavy atom. The molecule has 6 heteroatoms. The first kappa shape index (κ1) is 18.4. The van der Waals surface area contributed by atoms with Gasteiger partial charge in [-0.25, -0.2) is 4.98 Å². The van der Waals surface area contributed by atoms with Crippen molar-refractivity contribution >= 4 is 34.2 Å². The van der Waals surface area contributed by atoms with Gasteiger partial charge in [0.2, 0.25) is 5.95 Å². The van der Waals surface area contributed by atoms with Crippen LogP contribution < -0.4 is 5.32 Å². The number of imidazole rings is 1. The van der Waals surface area contributed by atoms with Crippen molar-refractivity contribution in [2.75, 3.05) is 5.32 Å². The number of hydrogen-bond acceptors (Lipinski definition) is 4. The van der Waals surface area contributed by atoms with Gasteiger partial charge in [0.1, 0.15) is 0 Å². The number of anilines is 1. The normalized spacial score (nSPS) is 11.1. The van der Waals surface area contributed by atoms with Crippen LogP contribution in [0.5, 0.6) is 0 Å². The van der Waals surface area contributed by atoms with Crippen LogP contribution in [0.25, 0.3) is 11.0 Å². The fourth-order valence-corrected chi connectivity index (χ4v) is 4.39. The molecule has 0 unspecified atom stereocenters. The molecule has 0 radical (unpaired) electrons. The Labute approximate surface area is 168 Å². The molecule has 0 aliphatic carbocycles. The van der Waals surface area contributed by atoms with Gasteiger partial charge in [-0.2, -0.15) is 0 Å². The number of fused-ring (bicyclic) bond motifs is 1. The highest BCUT2D eigenvalue weighted by molar-refractivity contribution is 7.10. The molecule has 0 atom stereocenters. The van der Waals surface area contributed by atoms with Crippen LogP contribution >= 0.6 is 11.3 Å². The first-order chi connectivity index (χ1) is 13.7. The van der Waals surface area contributed by atoms with Crippen LogP contribution in [0.15, 0.2) is 54.0 Å². The Morgan fingerprint density at radius 1 is 1.18 bits per heavy atom. The number of aryl methyl sites for hydroxylation is 3. The molecule has 0 spiro atoms. The van der Waals surface area contributed by atoms with Crippen LogP contribution in [-0.2, 0) is 19.4 Å². The Hall–Kier alpha value is -2.99. The van der Waals surface area contributed by atoms with Gasteiger partial charge in [-0.1, -0.05) is 25.1 Å². The number of pyridine rings is 1. The Balaban J connectivity index is 1.65. The number of thiophene rings is 1. The summed E-state index contributed by atoms with van der Waals surface area (Å²) in [7, 11) is 0. The quantitative estimate of drug-likeness (QED) is 0.511. The maximum absolute atomic E-state index is 12.9. The second kappa shape index (κ2) is 7.94. The van der Waals surface area contributed by atoms with E-state index in [1.807, 2.05) is 47.8 Å². The minimum atomic E-state index is -0.101. The molecular formula is C22H22N4OS. The molecule has 0 fully saturated rings. The predicted octanol–water partition coefficient (Wildman–Crippen LogP) is 4.86. The van der Waals surface area contributed by atoms with E-state index in [0.29, 0.717) is 12.5 Å². The monoisotopic (exact) mass is 390 g/mol. The molecule has 0 saturated carbocycles. The molecule has 28 heavy (non-hydrogen) atoms. The summed E-state index contributed by atoms with van der Waals surface area (Å²) in [6.07, 6.45) is 3.41. The van der Waals surface area contributed by atoms with Crippen molar-refractivity contribution in [1.82, 2.24) is 14.5 Å². The zero-order chi connectivity index (χ0) is 19.5. The summed E-state index contributed by atoms with van der Waals surface area (Å²) in [5.41, 5.74) is 4.74. The first-order valence-corrected chi connectivity index (χ1v) is 10.3. The fraction of sp³-hybridized carbons (Fsp3) is 0.227. The summed E-state index contributed by atoms with van der Waals surface area (Å²) in [6.45, 7) is 4.83. The zero-order valence-corrected chi connectivity index (χ0v) is 16.8. The van der Waals surface area contributed by atoms with Crippen LogP contribution in [0.1, 0.15) is 33.4 Å². The Kier molecular flexibility index (Phi) is 5.21. The van der Waals surface area contributed by atoms with Crippen molar-refractivity contribution in [3.63, 3.8) is 0 Å². The molecule has 1 aromatic carbocycles. The van der Waals surface area contributed by atoms with E-state index in [-0.39, 0.29) is 5.91 Å². The van der Waals surface area contributed by atoms with Gasteiger partial charge >= 0.3 is 0 Å². The number of benzene rings is 1. The van der Waals surface area contributed by atoms with Crippen molar-refractivity contribution < 1.29 is 4.79 Å². The smallest absolute Gasteiger partial charge is 0.259 e. The number of amides is 1. The van der Waals surface area contributed by atoms with Crippen LogP contribution in [0.2, 0.25) is 0 Å². The second-order valence-corrected chi connectivity index (χ2v) is 7.72. The number of carbonyl (C=O) groups excluding carboxylic acids is 1. The van der Waals surface area contributed by atoms with Gasteiger partial charge in [-0.15, -0.1) is 11.3 Å². The maximum Gasteiger partial charge on any atom is 0.259 e. The lowest BCUT2D eigenvalue weighted by molar-refractivity contribution is 0.102. The molecule has 142 valence electrons. The van der Waals surface area contributed by atoms with E-state index < -0.39 is 0 Å². The van der Waals surface area contributed by atoms with Gasteiger partial charge in [-0.05, 0) is 43.2 Å².